The molecule has 106 valence electrons. The third kappa shape index (κ3) is 4.91. The fourth-order valence-corrected chi connectivity index (χ4v) is 2.14. The van der Waals surface area contributed by atoms with E-state index < -0.39 is 5.97 Å². The molecule has 4 nitrogen and oxygen atoms in total. The number of aryl methyl sites for hydroxylation is 1. The molecule has 0 saturated heterocycles. The molecule has 0 heterocycles. The SMILES string of the molecule is CCOc1ccc(C(CCCC(=O)O)NC)cc1C. The second-order valence-electron chi connectivity index (χ2n) is 4.59. The molecule has 0 amide bonds. The van der Waals surface area contributed by atoms with Crippen LogP contribution in [0, 0.1) is 6.92 Å². The molecule has 0 saturated carbocycles. The highest BCUT2D eigenvalue weighted by Gasteiger charge is 2.11. The number of carboxylic acid groups (broad SMARTS) is 1. The molecule has 1 aromatic carbocycles. The Morgan fingerprint density at radius 3 is 2.74 bits per heavy atom. The van der Waals surface area contributed by atoms with Crippen LogP contribution in [0.4, 0.5) is 0 Å². The van der Waals surface area contributed by atoms with Crippen LogP contribution in [0.15, 0.2) is 18.2 Å². The van der Waals surface area contributed by atoms with Gasteiger partial charge in [-0.2, -0.15) is 0 Å². The van der Waals surface area contributed by atoms with Crippen molar-refractivity contribution in [1.29, 1.82) is 0 Å². The lowest BCUT2D eigenvalue weighted by molar-refractivity contribution is -0.137. The predicted molar refractivity (Wildman–Crippen MR) is 75.6 cm³/mol. The van der Waals surface area contributed by atoms with Gasteiger partial charge in [-0.1, -0.05) is 12.1 Å². The molecule has 0 fully saturated rings. The summed E-state index contributed by atoms with van der Waals surface area (Å²) in [6, 6.07) is 6.32. The first-order valence-electron chi connectivity index (χ1n) is 6.70. The fourth-order valence-electron chi connectivity index (χ4n) is 2.14. The van der Waals surface area contributed by atoms with E-state index in [0.29, 0.717) is 13.0 Å². The largest absolute Gasteiger partial charge is 0.494 e. The average Bonchev–Trinajstić information content (AvgIpc) is 2.37. The van der Waals surface area contributed by atoms with Gasteiger partial charge >= 0.3 is 5.97 Å². The smallest absolute Gasteiger partial charge is 0.303 e. The topological polar surface area (TPSA) is 58.6 Å². The summed E-state index contributed by atoms with van der Waals surface area (Å²) in [7, 11) is 1.90. The molecular weight excluding hydrogens is 242 g/mol. The van der Waals surface area contributed by atoms with Crippen molar-refractivity contribution in [3.8, 4) is 5.75 Å². The van der Waals surface area contributed by atoms with E-state index in [-0.39, 0.29) is 12.5 Å². The van der Waals surface area contributed by atoms with Gasteiger partial charge in [-0.15, -0.1) is 0 Å². The van der Waals surface area contributed by atoms with Gasteiger partial charge in [-0.05, 0) is 50.9 Å². The normalized spacial score (nSPS) is 12.2. The molecule has 2 N–H and O–H groups in total. The molecule has 1 unspecified atom stereocenters. The van der Waals surface area contributed by atoms with E-state index in [9.17, 15) is 4.79 Å². The maximum absolute atomic E-state index is 10.5. The van der Waals surface area contributed by atoms with Crippen LogP contribution in [0.1, 0.15) is 43.4 Å². The Balaban J connectivity index is 2.70. The van der Waals surface area contributed by atoms with Crippen molar-refractivity contribution >= 4 is 5.97 Å². The van der Waals surface area contributed by atoms with Crippen LogP contribution in [0.25, 0.3) is 0 Å². The van der Waals surface area contributed by atoms with Crippen LogP contribution >= 0.6 is 0 Å². The van der Waals surface area contributed by atoms with Crippen molar-refractivity contribution in [3.05, 3.63) is 29.3 Å². The number of carbonyl (C=O) groups is 1. The third-order valence-electron chi connectivity index (χ3n) is 3.13. The quantitative estimate of drug-likeness (QED) is 0.758. The van der Waals surface area contributed by atoms with Crippen LogP contribution in [0.3, 0.4) is 0 Å². The van der Waals surface area contributed by atoms with E-state index in [0.717, 1.165) is 17.7 Å². The minimum atomic E-state index is -0.738. The lowest BCUT2D eigenvalue weighted by Crippen LogP contribution is -2.17. The Kier molecular flexibility index (Phi) is 6.36. The first kappa shape index (κ1) is 15.5. The van der Waals surface area contributed by atoms with Crippen molar-refractivity contribution in [2.45, 2.75) is 39.2 Å². The second kappa shape index (κ2) is 7.79. The highest BCUT2D eigenvalue weighted by atomic mass is 16.5. The van der Waals surface area contributed by atoms with Crippen LogP contribution in [0.2, 0.25) is 0 Å². The third-order valence-corrected chi connectivity index (χ3v) is 3.13. The van der Waals surface area contributed by atoms with Crippen LogP contribution in [0.5, 0.6) is 5.75 Å². The number of ether oxygens (including phenoxy) is 1. The number of hydrogen-bond donors (Lipinski definition) is 2. The van der Waals surface area contributed by atoms with E-state index >= 15 is 0 Å². The zero-order chi connectivity index (χ0) is 14.3. The van der Waals surface area contributed by atoms with Gasteiger partial charge in [0.05, 0.1) is 6.61 Å². The summed E-state index contributed by atoms with van der Waals surface area (Å²) in [5.41, 5.74) is 2.28. The Morgan fingerprint density at radius 1 is 1.47 bits per heavy atom. The van der Waals surface area contributed by atoms with E-state index in [2.05, 4.69) is 11.4 Å². The van der Waals surface area contributed by atoms with Crippen LogP contribution in [-0.2, 0) is 4.79 Å². The van der Waals surface area contributed by atoms with Gasteiger partial charge in [0.25, 0.3) is 0 Å². The molecule has 0 bridgehead atoms. The zero-order valence-electron chi connectivity index (χ0n) is 11.9. The van der Waals surface area contributed by atoms with Crippen LogP contribution in [-0.4, -0.2) is 24.7 Å². The molecule has 0 aliphatic heterocycles. The number of nitrogens with one attached hydrogen (secondary N) is 1. The van der Waals surface area contributed by atoms with Gasteiger partial charge in [-0.25, -0.2) is 0 Å². The van der Waals surface area contributed by atoms with Gasteiger partial charge in [0.1, 0.15) is 5.75 Å². The van der Waals surface area contributed by atoms with E-state index in [1.165, 1.54) is 5.56 Å². The fraction of sp³-hybridized carbons (Fsp3) is 0.533. The van der Waals surface area contributed by atoms with E-state index in [1.807, 2.05) is 33.0 Å². The summed E-state index contributed by atoms with van der Waals surface area (Å²) in [6.45, 7) is 4.66. The number of carboxylic acids is 1. The van der Waals surface area contributed by atoms with Crippen molar-refractivity contribution < 1.29 is 14.6 Å². The summed E-state index contributed by atoms with van der Waals surface area (Å²) in [4.78, 5) is 10.5. The first-order chi connectivity index (χ1) is 9.08. The molecule has 0 aliphatic carbocycles. The molecule has 4 heteroatoms. The molecular formula is C15H23NO3. The van der Waals surface area contributed by atoms with Gasteiger partial charge in [0.2, 0.25) is 0 Å². The van der Waals surface area contributed by atoms with Crippen molar-refractivity contribution in [3.63, 3.8) is 0 Å². The van der Waals surface area contributed by atoms with Gasteiger partial charge in [0, 0.05) is 12.5 Å². The monoisotopic (exact) mass is 265 g/mol. The van der Waals surface area contributed by atoms with Gasteiger partial charge in [-0.3, -0.25) is 4.79 Å². The standard InChI is InChI=1S/C15H23NO3/c1-4-19-14-9-8-12(10-11(14)2)13(16-3)6-5-7-15(17)18/h8-10,13,16H,4-7H2,1-3H3,(H,17,18). The zero-order valence-corrected chi connectivity index (χ0v) is 11.9. The number of aliphatic carboxylic acids is 1. The molecule has 1 atom stereocenters. The van der Waals surface area contributed by atoms with Gasteiger partial charge in [0.15, 0.2) is 0 Å². The molecule has 0 aromatic heterocycles. The first-order valence-corrected chi connectivity index (χ1v) is 6.70. The van der Waals surface area contributed by atoms with E-state index in [1.54, 1.807) is 0 Å². The minimum absolute atomic E-state index is 0.189. The highest BCUT2D eigenvalue weighted by molar-refractivity contribution is 5.66. The van der Waals surface area contributed by atoms with E-state index in [4.69, 9.17) is 9.84 Å². The maximum atomic E-state index is 10.5. The second-order valence-corrected chi connectivity index (χ2v) is 4.59. The highest BCUT2D eigenvalue weighted by Crippen LogP contribution is 2.25. The summed E-state index contributed by atoms with van der Waals surface area (Å²) >= 11 is 0. The number of rotatable bonds is 8. The molecule has 0 spiro atoms. The summed E-state index contributed by atoms with van der Waals surface area (Å²) in [6.07, 6.45) is 1.71. The Morgan fingerprint density at radius 2 is 2.21 bits per heavy atom. The Hall–Kier alpha value is -1.55. The predicted octanol–water partition coefficient (Wildman–Crippen LogP) is 2.91. The molecule has 1 aromatic rings. The summed E-state index contributed by atoms with van der Waals surface area (Å²) in [5, 5.41) is 11.9. The molecule has 19 heavy (non-hydrogen) atoms. The minimum Gasteiger partial charge on any atom is -0.494 e. The molecule has 0 aliphatic rings. The average molecular weight is 265 g/mol. The number of benzene rings is 1. The van der Waals surface area contributed by atoms with Gasteiger partial charge < -0.3 is 15.2 Å². The van der Waals surface area contributed by atoms with Crippen LogP contribution < -0.4 is 10.1 Å². The summed E-state index contributed by atoms with van der Waals surface area (Å²) in [5.74, 6) is 0.171. The molecule has 0 radical (unpaired) electrons. The van der Waals surface area contributed by atoms with Crippen molar-refractivity contribution in [1.82, 2.24) is 5.32 Å². The van der Waals surface area contributed by atoms with Crippen molar-refractivity contribution in [2.24, 2.45) is 0 Å². The maximum Gasteiger partial charge on any atom is 0.303 e. The summed E-state index contributed by atoms with van der Waals surface area (Å²) < 4.78 is 5.52. The van der Waals surface area contributed by atoms with Crippen molar-refractivity contribution in [2.75, 3.05) is 13.7 Å². The number of hydrogen-bond acceptors (Lipinski definition) is 3. The lowest BCUT2D eigenvalue weighted by atomic mass is 9.99. The molecule has 1 rings (SSSR count). The Labute approximate surface area is 114 Å². The Bertz CT molecular complexity index is 418. The lowest BCUT2D eigenvalue weighted by Gasteiger charge is -2.18.